The van der Waals surface area contributed by atoms with E-state index in [1.54, 1.807) is 24.3 Å². The molecule has 0 atom stereocenters. The zero-order chi connectivity index (χ0) is 24.7. The average molecular weight is 519 g/mol. The molecule has 1 fully saturated rings. The summed E-state index contributed by atoms with van der Waals surface area (Å²) in [4.78, 5) is 30.2. The first-order chi connectivity index (χ1) is 16.7. The van der Waals surface area contributed by atoms with Crippen molar-refractivity contribution in [1.29, 1.82) is 0 Å². The molecule has 1 aliphatic rings. The Morgan fingerprint density at radius 1 is 1.11 bits per heavy atom. The number of carbonyl (C=O) groups excluding carboxylic acids is 2. The number of nitrogens with zero attached hydrogens (tertiary/aromatic N) is 5. The van der Waals surface area contributed by atoms with Gasteiger partial charge in [0.05, 0.1) is 35.3 Å². The number of H-pyrrole nitrogens is 1. The first kappa shape index (κ1) is 23.1. The third kappa shape index (κ3) is 4.66. The van der Waals surface area contributed by atoms with Gasteiger partial charge in [-0.15, -0.1) is 0 Å². The van der Waals surface area contributed by atoms with Gasteiger partial charge in [-0.1, -0.05) is 23.7 Å². The van der Waals surface area contributed by atoms with Crippen molar-refractivity contribution >= 4 is 51.5 Å². The summed E-state index contributed by atoms with van der Waals surface area (Å²) in [5.74, 6) is -0.0636. The number of carbonyl (C=O) groups is 2. The van der Waals surface area contributed by atoms with Crippen LogP contribution in [0.3, 0.4) is 0 Å². The minimum Gasteiger partial charge on any atom is -0.268 e. The van der Waals surface area contributed by atoms with Crippen molar-refractivity contribution in [2.75, 3.05) is 0 Å². The summed E-state index contributed by atoms with van der Waals surface area (Å²) in [6.45, 7) is -0.117. The van der Waals surface area contributed by atoms with Crippen LogP contribution in [0.5, 0.6) is 0 Å². The van der Waals surface area contributed by atoms with Crippen molar-refractivity contribution in [3.05, 3.63) is 81.4 Å². The lowest BCUT2D eigenvalue weighted by atomic mass is 10.1. The molecule has 35 heavy (non-hydrogen) atoms. The molecule has 0 spiro atoms. The van der Waals surface area contributed by atoms with E-state index in [2.05, 4.69) is 20.3 Å². The molecule has 8 nitrogen and oxygen atoms in total. The summed E-state index contributed by atoms with van der Waals surface area (Å²) in [5.41, 5.74) is 0.482. The van der Waals surface area contributed by atoms with E-state index in [1.165, 1.54) is 29.3 Å². The van der Waals surface area contributed by atoms with Crippen molar-refractivity contribution in [1.82, 2.24) is 29.9 Å². The lowest BCUT2D eigenvalue weighted by molar-refractivity contribution is -0.138. The molecule has 1 N–H and O–H groups in total. The van der Waals surface area contributed by atoms with E-state index in [-0.39, 0.29) is 28.6 Å². The molecule has 0 radical (unpaired) electrons. The van der Waals surface area contributed by atoms with Crippen LogP contribution in [0.15, 0.2) is 53.8 Å². The molecule has 0 unspecified atom stereocenters. The molecular formula is C22H14ClF3N6O2S. The van der Waals surface area contributed by atoms with Crippen LogP contribution < -0.4 is 0 Å². The summed E-state index contributed by atoms with van der Waals surface area (Å²) >= 11 is 6.58. The summed E-state index contributed by atoms with van der Waals surface area (Å²) in [6, 6.07) is 8.80. The van der Waals surface area contributed by atoms with E-state index in [0.29, 0.717) is 22.3 Å². The largest absolute Gasteiger partial charge is 0.416 e. The Hall–Kier alpha value is -3.64. The molecule has 0 aliphatic carbocycles. The number of fused-ring (bicyclic) bond motifs is 1. The van der Waals surface area contributed by atoms with Crippen LogP contribution >= 0.6 is 23.4 Å². The van der Waals surface area contributed by atoms with Gasteiger partial charge in [-0.25, -0.2) is 4.98 Å². The second kappa shape index (κ2) is 8.86. The van der Waals surface area contributed by atoms with Gasteiger partial charge in [0.1, 0.15) is 12.2 Å². The number of benzene rings is 2. The van der Waals surface area contributed by atoms with Crippen LogP contribution in [0, 0.1) is 0 Å². The van der Waals surface area contributed by atoms with Gasteiger partial charge in [0.15, 0.2) is 0 Å². The lowest BCUT2D eigenvalue weighted by Gasteiger charge is -2.14. The van der Waals surface area contributed by atoms with Crippen molar-refractivity contribution in [2.24, 2.45) is 0 Å². The fraction of sp³-hybridized carbons (Fsp3) is 0.136. The Morgan fingerprint density at radius 2 is 1.94 bits per heavy atom. The molecule has 4 aromatic rings. The maximum absolute atomic E-state index is 13.4. The number of aromatic nitrogens is 5. The number of thioether (sulfide) groups is 1. The molecule has 178 valence electrons. The molecule has 0 bridgehead atoms. The van der Waals surface area contributed by atoms with E-state index in [4.69, 9.17) is 11.6 Å². The smallest absolute Gasteiger partial charge is 0.268 e. The first-order valence-electron chi connectivity index (χ1n) is 10.1. The van der Waals surface area contributed by atoms with E-state index < -0.39 is 22.9 Å². The quantitative estimate of drug-likeness (QED) is 0.369. The maximum atomic E-state index is 13.4. The zero-order valence-electron chi connectivity index (χ0n) is 17.6. The minimum atomic E-state index is -4.55. The molecule has 2 aromatic carbocycles. The minimum absolute atomic E-state index is 0.00119. The van der Waals surface area contributed by atoms with Gasteiger partial charge >= 0.3 is 6.18 Å². The van der Waals surface area contributed by atoms with Gasteiger partial charge in [-0.3, -0.25) is 24.3 Å². The summed E-state index contributed by atoms with van der Waals surface area (Å²) in [5, 5.41) is 10.8. The highest BCUT2D eigenvalue weighted by molar-refractivity contribution is 8.18. The van der Waals surface area contributed by atoms with Gasteiger partial charge in [0.25, 0.3) is 11.1 Å². The van der Waals surface area contributed by atoms with E-state index in [9.17, 15) is 22.8 Å². The zero-order valence-corrected chi connectivity index (χ0v) is 19.2. The monoisotopic (exact) mass is 518 g/mol. The molecule has 3 heterocycles. The van der Waals surface area contributed by atoms with Gasteiger partial charge in [-0.2, -0.15) is 23.4 Å². The van der Waals surface area contributed by atoms with Crippen LogP contribution in [-0.4, -0.2) is 41.0 Å². The van der Waals surface area contributed by atoms with Crippen LogP contribution in [0.25, 0.3) is 17.0 Å². The molecule has 13 heteroatoms. The van der Waals surface area contributed by atoms with Gasteiger partial charge in [-0.05, 0) is 53.2 Å². The number of halogens is 4. The number of amides is 2. The Balaban J connectivity index is 1.40. The molecule has 2 aromatic heterocycles. The number of nitrogens with one attached hydrogen (secondary N) is 1. The van der Waals surface area contributed by atoms with Crippen LogP contribution in [0.4, 0.5) is 18.0 Å². The second-order valence-electron chi connectivity index (χ2n) is 7.62. The predicted octanol–water partition coefficient (Wildman–Crippen LogP) is 5.11. The number of alkyl halides is 3. The van der Waals surface area contributed by atoms with Crippen molar-refractivity contribution in [3.63, 3.8) is 0 Å². The second-order valence-corrected chi connectivity index (χ2v) is 9.05. The lowest BCUT2D eigenvalue weighted by Crippen LogP contribution is -2.28. The highest BCUT2D eigenvalue weighted by Crippen LogP contribution is 2.35. The normalized spacial score (nSPS) is 15.7. The number of rotatable bonds is 5. The van der Waals surface area contributed by atoms with Crippen molar-refractivity contribution in [2.45, 2.75) is 19.3 Å². The SMILES string of the molecule is O=C1SC(=Cc2ccc3c(cnn3Cc3ccc(Cl)cc3C(F)(F)F)c2)C(=O)N1Cc1ncn[nH]1. The third-order valence-electron chi connectivity index (χ3n) is 5.31. The summed E-state index contributed by atoms with van der Waals surface area (Å²) < 4.78 is 41.8. The highest BCUT2D eigenvalue weighted by Gasteiger charge is 2.36. The van der Waals surface area contributed by atoms with Crippen molar-refractivity contribution in [3.8, 4) is 0 Å². The predicted molar refractivity (Wildman–Crippen MR) is 123 cm³/mol. The van der Waals surface area contributed by atoms with Gasteiger partial charge < -0.3 is 0 Å². The fourth-order valence-corrected chi connectivity index (χ4v) is 4.69. The number of hydrogen-bond acceptors (Lipinski definition) is 6. The summed E-state index contributed by atoms with van der Waals surface area (Å²) in [7, 11) is 0. The molecule has 1 saturated heterocycles. The first-order valence-corrected chi connectivity index (χ1v) is 11.3. The number of aromatic amines is 1. The number of hydrogen-bond donors (Lipinski definition) is 1. The van der Waals surface area contributed by atoms with Crippen LogP contribution in [0.1, 0.15) is 22.5 Å². The van der Waals surface area contributed by atoms with E-state index in [1.807, 2.05) is 0 Å². The standard InChI is InChI=1S/C22H14ClF3N6O2S/c23-15-3-2-13(16(7-15)22(24,25)26)9-32-17-4-1-12(5-14(17)8-29-32)6-18-20(33)31(21(34)35-18)10-19-27-11-28-30-19/h1-8,11H,9-10H2,(H,27,28,30). The molecule has 1 aliphatic heterocycles. The Bertz CT molecular complexity index is 1480. The van der Waals surface area contributed by atoms with E-state index >= 15 is 0 Å². The Labute approximate surface area is 204 Å². The van der Waals surface area contributed by atoms with Gasteiger partial charge in [0, 0.05) is 10.4 Å². The molecule has 0 saturated carbocycles. The Morgan fingerprint density at radius 3 is 2.69 bits per heavy atom. The van der Waals surface area contributed by atoms with E-state index in [0.717, 1.165) is 22.7 Å². The average Bonchev–Trinajstić information content (AvgIpc) is 3.52. The molecule has 2 amide bonds. The number of imide groups is 1. The van der Waals surface area contributed by atoms with Gasteiger partial charge in [0.2, 0.25) is 0 Å². The third-order valence-corrected chi connectivity index (χ3v) is 6.45. The maximum Gasteiger partial charge on any atom is 0.416 e. The van der Waals surface area contributed by atoms with Crippen LogP contribution in [-0.2, 0) is 24.1 Å². The Kier molecular flexibility index (Phi) is 5.85. The topological polar surface area (TPSA) is 96.8 Å². The molecular weight excluding hydrogens is 505 g/mol. The van der Waals surface area contributed by atoms with Crippen molar-refractivity contribution < 1.29 is 22.8 Å². The summed E-state index contributed by atoms with van der Waals surface area (Å²) in [6.07, 6.45) is -0.141. The highest BCUT2D eigenvalue weighted by atomic mass is 35.5. The van der Waals surface area contributed by atoms with Crippen LogP contribution in [0.2, 0.25) is 5.02 Å². The molecule has 5 rings (SSSR count). The fourth-order valence-electron chi connectivity index (χ4n) is 3.68.